The normalized spacial score (nSPS) is 31.1. The van der Waals surface area contributed by atoms with E-state index in [0.29, 0.717) is 6.10 Å². The van der Waals surface area contributed by atoms with Crippen molar-refractivity contribution < 1.29 is 4.74 Å². The molecule has 0 spiro atoms. The molecule has 19 heavy (non-hydrogen) atoms. The highest BCUT2D eigenvalue weighted by atomic mass is 79.9. The average Bonchev–Trinajstić information content (AvgIpc) is 2.76. The monoisotopic (exact) mass is 345 g/mol. The van der Waals surface area contributed by atoms with Crippen molar-refractivity contribution >= 4 is 27.3 Å². The molecule has 4 heteroatoms. The second-order valence-corrected chi connectivity index (χ2v) is 7.83. The highest BCUT2D eigenvalue weighted by Crippen LogP contribution is 2.36. The smallest absolute Gasteiger partial charge is 0.107 e. The van der Waals surface area contributed by atoms with Crippen LogP contribution in [-0.4, -0.2) is 12.1 Å². The van der Waals surface area contributed by atoms with Gasteiger partial charge in [0.2, 0.25) is 0 Å². The lowest BCUT2D eigenvalue weighted by molar-refractivity contribution is -0.0553. The highest BCUT2D eigenvalue weighted by molar-refractivity contribution is 9.10. The first kappa shape index (κ1) is 15.5. The van der Waals surface area contributed by atoms with Gasteiger partial charge in [0.15, 0.2) is 0 Å². The summed E-state index contributed by atoms with van der Waals surface area (Å²) in [6, 6.07) is 2.16. The molecule has 5 unspecified atom stereocenters. The summed E-state index contributed by atoms with van der Waals surface area (Å²) in [6.07, 6.45) is 3.99. The molecule has 0 aliphatic heterocycles. The first-order valence-corrected chi connectivity index (χ1v) is 8.79. The first-order chi connectivity index (χ1) is 8.97. The molecule has 2 rings (SSSR count). The van der Waals surface area contributed by atoms with E-state index in [1.807, 2.05) is 6.92 Å². The highest BCUT2D eigenvalue weighted by Gasteiger charge is 2.29. The van der Waals surface area contributed by atoms with Crippen LogP contribution in [0.1, 0.15) is 51.0 Å². The van der Waals surface area contributed by atoms with E-state index in [4.69, 9.17) is 10.5 Å². The topological polar surface area (TPSA) is 35.2 Å². The Morgan fingerprint density at radius 3 is 2.63 bits per heavy atom. The van der Waals surface area contributed by atoms with Gasteiger partial charge in [-0.3, -0.25) is 0 Å². The molecule has 1 aliphatic rings. The van der Waals surface area contributed by atoms with Crippen LogP contribution in [-0.2, 0) is 4.74 Å². The van der Waals surface area contributed by atoms with E-state index in [2.05, 4.69) is 41.2 Å². The minimum atomic E-state index is 0.0280. The van der Waals surface area contributed by atoms with Crippen LogP contribution >= 0.6 is 27.3 Å². The van der Waals surface area contributed by atoms with E-state index in [-0.39, 0.29) is 12.1 Å². The van der Waals surface area contributed by atoms with Crippen molar-refractivity contribution in [2.45, 2.75) is 58.3 Å². The molecule has 1 aromatic heterocycles. The molecule has 0 bridgehead atoms. The summed E-state index contributed by atoms with van der Waals surface area (Å²) in [4.78, 5) is 1.23. The number of halogens is 1. The Balaban J connectivity index is 2.01. The van der Waals surface area contributed by atoms with Gasteiger partial charge in [0, 0.05) is 20.8 Å². The SMILES string of the molecule is CC(N)C(OC1CCC(C)C(C)C1)c1cc(Br)cs1. The molecule has 2 N–H and O–H groups in total. The Labute approximate surface area is 128 Å². The fraction of sp³-hybridized carbons (Fsp3) is 0.733. The third kappa shape index (κ3) is 4.03. The van der Waals surface area contributed by atoms with E-state index in [1.165, 1.54) is 17.7 Å². The predicted molar refractivity (Wildman–Crippen MR) is 85.5 cm³/mol. The number of ether oxygens (including phenoxy) is 1. The van der Waals surface area contributed by atoms with Crippen molar-refractivity contribution in [3.63, 3.8) is 0 Å². The number of nitrogens with two attached hydrogens (primary N) is 1. The molecule has 0 saturated heterocycles. The quantitative estimate of drug-likeness (QED) is 0.855. The summed E-state index contributed by atoms with van der Waals surface area (Å²) in [5, 5.41) is 2.10. The number of rotatable bonds is 4. The third-order valence-corrected chi connectivity index (χ3v) is 5.99. The van der Waals surface area contributed by atoms with Gasteiger partial charge in [0.05, 0.1) is 6.10 Å². The van der Waals surface area contributed by atoms with Crippen molar-refractivity contribution in [2.75, 3.05) is 0 Å². The van der Waals surface area contributed by atoms with Crippen LogP contribution in [0.25, 0.3) is 0 Å². The van der Waals surface area contributed by atoms with E-state index in [1.54, 1.807) is 11.3 Å². The largest absolute Gasteiger partial charge is 0.368 e. The molecule has 2 nitrogen and oxygen atoms in total. The lowest BCUT2D eigenvalue weighted by atomic mass is 9.80. The van der Waals surface area contributed by atoms with Gasteiger partial charge < -0.3 is 10.5 Å². The van der Waals surface area contributed by atoms with Crippen LogP contribution < -0.4 is 5.73 Å². The van der Waals surface area contributed by atoms with E-state index < -0.39 is 0 Å². The van der Waals surface area contributed by atoms with Gasteiger partial charge in [0.25, 0.3) is 0 Å². The summed E-state index contributed by atoms with van der Waals surface area (Å²) in [5.74, 6) is 1.58. The molecule has 1 aromatic rings. The van der Waals surface area contributed by atoms with Gasteiger partial charge in [-0.15, -0.1) is 11.3 Å². The Morgan fingerprint density at radius 2 is 2.11 bits per heavy atom. The van der Waals surface area contributed by atoms with Crippen molar-refractivity contribution in [2.24, 2.45) is 17.6 Å². The summed E-state index contributed by atoms with van der Waals surface area (Å²) in [7, 11) is 0. The number of hydrogen-bond acceptors (Lipinski definition) is 3. The zero-order chi connectivity index (χ0) is 14.0. The van der Waals surface area contributed by atoms with Gasteiger partial charge in [0.1, 0.15) is 6.10 Å². The summed E-state index contributed by atoms with van der Waals surface area (Å²) in [6.45, 7) is 6.72. The van der Waals surface area contributed by atoms with Gasteiger partial charge in [-0.25, -0.2) is 0 Å². The molecule has 1 saturated carbocycles. The fourth-order valence-electron chi connectivity index (χ4n) is 2.76. The Kier molecular flexibility index (Phi) is 5.46. The van der Waals surface area contributed by atoms with Crippen LogP contribution in [0, 0.1) is 11.8 Å². The lowest BCUT2D eigenvalue weighted by Crippen LogP contribution is -2.33. The molecule has 0 aromatic carbocycles. The second-order valence-electron chi connectivity index (χ2n) is 5.97. The number of hydrogen-bond donors (Lipinski definition) is 1. The maximum atomic E-state index is 6.34. The predicted octanol–water partition coefficient (Wildman–Crippen LogP) is 4.74. The van der Waals surface area contributed by atoms with Crippen molar-refractivity contribution in [3.8, 4) is 0 Å². The molecular formula is C15H24BrNOS. The van der Waals surface area contributed by atoms with Crippen LogP contribution in [0.5, 0.6) is 0 Å². The van der Waals surface area contributed by atoms with Crippen LogP contribution in [0.4, 0.5) is 0 Å². The summed E-state index contributed by atoms with van der Waals surface area (Å²) in [5.41, 5.74) is 6.12. The molecule has 0 amide bonds. The van der Waals surface area contributed by atoms with Crippen LogP contribution in [0.15, 0.2) is 15.9 Å². The minimum Gasteiger partial charge on any atom is -0.368 e. The third-order valence-electron chi connectivity index (χ3n) is 4.23. The van der Waals surface area contributed by atoms with E-state index in [9.17, 15) is 0 Å². The van der Waals surface area contributed by atoms with Gasteiger partial charge in [-0.05, 0) is 60.0 Å². The van der Waals surface area contributed by atoms with Crippen LogP contribution in [0.2, 0.25) is 0 Å². The first-order valence-electron chi connectivity index (χ1n) is 7.12. The summed E-state index contributed by atoms with van der Waals surface area (Å²) < 4.78 is 7.45. The maximum absolute atomic E-state index is 6.34. The van der Waals surface area contributed by atoms with Crippen molar-refractivity contribution in [3.05, 3.63) is 20.8 Å². The fourth-order valence-corrected chi connectivity index (χ4v) is 4.35. The van der Waals surface area contributed by atoms with E-state index in [0.717, 1.165) is 22.7 Å². The Bertz CT molecular complexity index is 407. The van der Waals surface area contributed by atoms with Crippen molar-refractivity contribution in [1.82, 2.24) is 0 Å². The van der Waals surface area contributed by atoms with Gasteiger partial charge in [-0.2, -0.15) is 0 Å². The maximum Gasteiger partial charge on any atom is 0.107 e. The van der Waals surface area contributed by atoms with Crippen LogP contribution in [0.3, 0.4) is 0 Å². The zero-order valence-corrected chi connectivity index (χ0v) is 14.3. The standard InChI is InChI=1S/C15H24BrNOS/c1-9-4-5-13(6-10(9)2)18-15(11(3)17)14-7-12(16)8-19-14/h7-11,13,15H,4-6,17H2,1-3H3. The van der Waals surface area contributed by atoms with Crippen molar-refractivity contribution in [1.29, 1.82) is 0 Å². The minimum absolute atomic E-state index is 0.0280. The molecular weight excluding hydrogens is 322 g/mol. The summed E-state index contributed by atoms with van der Waals surface area (Å²) >= 11 is 5.23. The van der Waals surface area contributed by atoms with E-state index >= 15 is 0 Å². The Morgan fingerprint density at radius 1 is 1.37 bits per heavy atom. The zero-order valence-electron chi connectivity index (χ0n) is 11.9. The molecule has 1 fully saturated rings. The molecule has 108 valence electrons. The molecule has 1 aliphatic carbocycles. The molecule has 1 heterocycles. The average molecular weight is 346 g/mol. The molecule has 5 atom stereocenters. The van der Waals surface area contributed by atoms with Gasteiger partial charge >= 0.3 is 0 Å². The number of thiophene rings is 1. The second kappa shape index (κ2) is 6.70. The Hall–Kier alpha value is 0.1000. The molecule has 0 radical (unpaired) electrons. The van der Waals surface area contributed by atoms with Gasteiger partial charge in [-0.1, -0.05) is 13.8 Å². The lowest BCUT2D eigenvalue weighted by Gasteiger charge is -2.35.